The van der Waals surface area contributed by atoms with E-state index in [4.69, 9.17) is 4.74 Å². The van der Waals surface area contributed by atoms with Crippen LogP contribution in [0.5, 0.6) is 5.75 Å². The van der Waals surface area contributed by atoms with Crippen molar-refractivity contribution in [2.24, 2.45) is 0 Å². The fourth-order valence-electron chi connectivity index (χ4n) is 2.69. The largest absolute Gasteiger partial charge is 0.497 e. The molecule has 0 fully saturated rings. The summed E-state index contributed by atoms with van der Waals surface area (Å²) in [4.78, 5) is 14.4. The van der Waals surface area contributed by atoms with Gasteiger partial charge in [0.25, 0.3) is 5.91 Å². The molecule has 0 saturated carbocycles. The molecule has 0 unspecified atom stereocenters. The smallest absolute Gasteiger partial charge is 0.255 e. The summed E-state index contributed by atoms with van der Waals surface area (Å²) in [7, 11) is 5.37. The molecule has 124 valence electrons. The van der Waals surface area contributed by atoms with Crippen molar-refractivity contribution < 1.29 is 9.53 Å². The summed E-state index contributed by atoms with van der Waals surface area (Å²) in [6, 6.07) is 9.80. The summed E-state index contributed by atoms with van der Waals surface area (Å²) < 4.78 is 7.30. The Kier molecular flexibility index (Phi) is 5.45. The molecular weight excluding hydrogens is 290 g/mol. The molecule has 0 aliphatic rings. The maximum absolute atomic E-state index is 12.6. The number of likely N-dealkylation sites (N-methyl/N-ethyl adjacent to an activating group) is 2. The lowest BCUT2D eigenvalue weighted by Crippen LogP contribution is -2.33. The minimum absolute atomic E-state index is 0.0492. The molecule has 0 aliphatic carbocycles. The molecule has 1 aromatic heterocycles. The Morgan fingerprint density at radius 1 is 1.26 bits per heavy atom. The number of hydrogen-bond acceptors (Lipinski definition) is 3. The van der Waals surface area contributed by atoms with Gasteiger partial charge in [0.2, 0.25) is 0 Å². The minimum atomic E-state index is 0.0492. The molecule has 0 aliphatic heterocycles. The van der Waals surface area contributed by atoms with Gasteiger partial charge in [0.1, 0.15) is 5.75 Å². The number of nitrogens with one attached hydrogen (secondary N) is 1. The van der Waals surface area contributed by atoms with Crippen LogP contribution in [0.1, 0.15) is 21.7 Å². The molecule has 0 saturated heterocycles. The first kappa shape index (κ1) is 17.1. The van der Waals surface area contributed by atoms with Crippen molar-refractivity contribution in [2.75, 3.05) is 34.3 Å². The normalized spacial score (nSPS) is 10.7. The van der Waals surface area contributed by atoms with Crippen molar-refractivity contribution in [3.8, 4) is 11.4 Å². The summed E-state index contributed by atoms with van der Waals surface area (Å²) in [5, 5.41) is 3.06. The third-order valence-electron chi connectivity index (χ3n) is 4.04. The first-order valence-electron chi connectivity index (χ1n) is 7.73. The molecule has 1 amide bonds. The summed E-state index contributed by atoms with van der Waals surface area (Å²) in [6.07, 6.45) is 0. The molecule has 2 rings (SSSR count). The first-order chi connectivity index (χ1) is 11.0. The van der Waals surface area contributed by atoms with Crippen molar-refractivity contribution in [1.29, 1.82) is 0 Å². The van der Waals surface area contributed by atoms with E-state index in [-0.39, 0.29) is 5.91 Å². The van der Waals surface area contributed by atoms with Gasteiger partial charge in [-0.25, -0.2) is 0 Å². The molecule has 1 heterocycles. The second-order valence-electron chi connectivity index (χ2n) is 5.65. The van der Waals surface area contributed by atoms with Crippen LogP contribution in [-0.4, -0.2) is 49.7 Å². The standard InChI is InChI=1S/C18H25N3O2/c1-13-12-17(18(22)20(4)11-10-19-3)14(2)21(13)15-6-8-16(23-5)9-7-15/h6-9,12,19H,10-11H2,1-5H3. The average Bonchev–Trinajstić information content (AvgIpc) is 2.86. The van der Waals surface area contributed by atoms with Crippen LogP contribution in [0.15, 0.2) is 30.3 Å². The van der Waals surface area contributed by atoms with Crippen molar-refractivity contribution in [1.82, 2.24) is 14.8 Å². The molecule has 5 heteroatoms. The second-order valence-corrected chi connectivity index (χ2v) is 5.65. The molecule has 0 spiro atoms. The fraction of sp³-hybridized carbons (Fsp3) is 0.389. The van der Waals surface area contributed by atoms with Crippen LogP contribution in [0, 0.1) is 13.8 Å². The zero-order valence-corrected chi connectivity index (χ0v) is 14.5. The highest BCUT2D eigenvalue weighted by Crippen LogP contribution is 2.23. The molecule has 23 heavy (non-hydrogen) atoms. The van der Waals surface area contributed by atoms with Crippen molar-refractivity contribution in [3.05, 3.63) is 47.3 Å². The lowest BCUT2D eigenvalue weighted by molar-refractivity contribution is 0.0796. The molecule has 0 atom stereocenters. The molecule has 0 bridgehead atoms. The van der Waals surface area contributed by atoms with E-state index in [1.54, 1.807) is 12.0 Å². The van der Waals surface area contributed by atoms with E-state index >= 15 is 0 Å². The van der Waals surface area contributed by atoms with Crippen LogP contribution >= 0.6 is 0 Å². The van der Waals surface area contributed by atoms with Crippen molar-refractivity contribution in [2.45, 2.75) is 13.8 Å². The molecule has 1 N–H and O–H groups in total. The Hall–Kier alpha value is -2.27. The number of hydrogen-bond donors (Lipinski definition) is 1. The minimum Gasteiger partial charge on any atom is -0.497 e. The Morgan fingerprint density at radius 2 is 1.91 bits per heavy atom. The number of aromatic nitrogens is 1. The number of aryl methyl sites for hydroxylation is 1. The predicted octanol–water partition coefficient (Wildman–Crippen LogP) is 2.39. The maximum Gasteiger partial charge on any atom is 0.255 e. The number of carbonyl (C=O) groups excluding carboxylic acids is 1. The first-order valence-corrected chi connectivity index (χ1v) is 7.73. The van der Waals surface area contributed by atoms with E-state index < -0.39 is 0 Å². The Bertz CT molecular complexity index is 674. The van der Waals surface area contributed by atoms with E-state index in [1.807, 2.05) is 58.3 Å². The second kappa shape index (κ2) is 7.33. The van der Waals surface area contributed by atoms with Gasteiger partial charge >= 0.3 is 0 Å². The van der Waals surface area contributed by atoms with E-state index in [0.29, 0.717) is 6.54 Å². The maximum atomic E-state index is 12.6. The van der Waals surface area contributed by atoms with Crippen LogP contribution in [-0.2, 0) is 0 Å². The molecule has 1 aromatic carbocycles. The van der Waals surface area contributed by atoms with Crippen LogP contribution in [0.3, 0.4) is 0 Å². The summed E-state index contributed by atoms with van der Waals surface area (Å²) in [6.45, 7) is 5.46. The monoisotopic (exact) mass is 315 g/mol. The molecular formula is C18H25N3O2. The van der Waals surface area contributed by atoms with E-state index in [1.165, 1.54) is 0 Å². The third-order valence-corrected chi connectivity index (χ3v) is 4.04. The van der Waals surface area contributed by atoms with Gasteiger partial charge in [0, 0.05) is 37.2 Å². The van der Waals surface area contributed by atoms with E-state index in [2.05, 4.69) is 9.88 Å². The quantitative estimate of drug-likeness (QED) is 0.890. The lowest BCUT2D eigenvalue weighted by atomic mass is 10.2. The number of nitrogens with zero attached hydrogens (tertiary/aromatic N) is 2. The SMILES string of the molecule is CNCCN(C)C(=O)c1cc(C)n(-c2ccc(OC)cc2)c1C. The summed E-state index contributed by atoms with van der Waals surface area (Å²) >= 11 is 0. The number of carbonyl (C=O) groups is 1. The van der Waals surface area contributed by atoms with Crippen LogP contribution in [0.4, 0.5) is 0 Å². The Morgan fingerprint density at radius 3 is 2.48 bits per heavy atom. The van der Waals surface area contributed by atoms with Gasteiger partial charge in [-0.3, -0.25) is 4.79 Å². The summed E-state index contributed by atoms with van der Waals surface area (Å²) in [5.74, 6) is 0.868. The average molecular weight is 315 g/mol. The highest BCUT2D eigenvalue weighted by atomic mass is 16.5. The number of methoxy groups -OCH3 is 1. The fourth-order valence-corrected chi connectivity index (χ4v) is 2.69. The lowest BCUT2D eigenvalue weighted by Gasteiger charge is -2.17. The molecule has 5 nitrogen and oxygen atoms in total. The van der Waals surface area contributed by atoms with Crippen LogP contribution in [0.2, 0.25) is 0 Å². The summed E-state index contributed by atoms with van der Waals surface area (Å²) in [5.41, 5.74) is 3.77. The zero-order chi connectivity index (χ0) is 17.0. The van der Waals surface area contributed by atoms with E-state index in [9.17, 15) is 4.79 Å². The van der Waals surface area contributed by atoms with Crippen LogP contribution in [0.25, 0.3) is 5.69 Å². The van der Waals surface area contributed by atoms with Gasteiger partial charge in [-0.05, 0) is 51.2 Å². The highest BCUT2D eigenvalue weighted by molar-refractivity contribution is 5.95. The van der Waals surface area contributed by atoms with E-state index in [0.717, 1.165) is 34.9 Å². The van der Waals surface area contributed by atoms with Gasteiger partial charge in [0.05, 0.1) is 12.7 Å². The van der Waals surface area contributed by atoms with Crippen LogP contribution < -0.4 is 10.1 Å². The number of rotatable bonds is 6. The number of benzene rings is 1. The number of amides is 1. The Balaban J connectivity index is 2.33. The Labute approximate surface area is 137 Å². The predicted molar refractivity (Wildman–Crippen MR) is 92.7 cm³/mol. The molecule has 0 radical (unpaired) electrons. The van der Waals surface area contributed by atoms with Gasteiger partial charge in [0.15, 0.2) is 0 Å². The van der Waals surface area contributed by atoms with Crippen molar-refractivity contribution in [3.63, 3.8) is 0 Å². The van der Waals surface area contributed by atoms with Gasteiger partial charge < -0.3 is 19.5 Å². The topological polar surface area (TPSA) is 46.5 Å². The van der Waals surface area contributed by atoms with Gasteiger partial charge in [-0.15, -0.1) is 0 Å². The number of ether oxygens (including phenoxy) is 1. The third kappa shape index (κ3) is 3.56. The van der Waals surface area contributed by atoms with Crippen molar-refractivity contribution >= 4 is 5.91 Å². The van der Waals surface area contributed by atoms with Gasteiger partial charge in [-0.1, -0.05) is 0 Å². The van der Waals surface area contributed by atoms with Gasteiger partial charge in [-0.2, -0.15) is 0 Å². The molecule has 2 aromatic rings. The highest BCUT2D eigenvalue weighted by Gasteiger charge is 2.19. The zero-order valence-electron chi connectivity index (χ0n) is 14.5.